The summed E-state index contributed by atoms with van der Waals surface area (Å²) < 4.78 is 13.5. The lowest BCUT2D eigenvalue weighted by Gasteiger charge is -2.27. The highest BCUT2D eigenvalue weighted by Crippen LogP contribution is 2.43. The SMILES string of the molecule is CC(Nc1cc(F)c(Cl)cc1[N+](=O)[O-])(C(=O)O)C1CC1. The second kappa shape index (κ2) is 4.90. The third kappa shape index (κ3) is 2.53. The zero-order valence-corrected chi connectivity index (χ0v) is 11.3. The Hall–Kier alpha value is -1.89. The Kier molecular flexibility index (Phi) is 3.56. The van der Waals surface area contributed by atoms with E-state index in [0.717, 1.165) is 12.1 Å². The van der Waals surface area contributed by atoms with Crippen molar-refractivity contribution in [2.75, 3.05) is 5.32 Å². The first-order valence-corrected chi connectivity index (χ1v) is 6.28. The number of nitrogens with zero attached hydrogens (tertiary/aromatic N) is 1. The largest absolute Gasteiger partial charge is 0.480 e. The number of carbonyl (C=O) groups is 1. The van der Waals surface area contributed by atoms with Gasteiger partial charge in [-0.15, -0.1) is 0 Å². The van der Waals surface area contributed by atoms with E-state index in [1.54, 1.807) is 0 Å². The van der Waals surface area contributed by atoms with E-state index in [4.69, 9.17) is 11.6 Å². The van der Waals surface area contributed by atoms with E-state index < -0.39 is 27.9 Å². The third-order valence-corrected chi connectivity index (χ3v) is 3.76. The molecule has 8 heteroatoms. The van der Waals surface area contributed by atoms with Gasteiger partial charge in [0.05, 0.1) is 9.95 Å². The molecule has 1 aliphatic rings. The lowest BCUT2D eigenvalue weighted by Crippen LogP contribution is -2.45. The minimum Gasteiger partial charge on any atom is -0.480 e. The van der Waals surface area contributed by atoms with E-state index in [9.17, 15) is 24.4 Å². The van der Waals surface area contributed by atoms with Gasteiger partial charge in [-0.3, -0.25) is 10.1 Å². The van der Waals surface area contributed by atoms with Crippen molar-refractivity contribution >= 4 is 28.9 Å². The number of benzene rings is 1. The van der Waals surface area contributed by atoms with E-state index in [2.05, 4.69) is 5.32 Å². The summed E-state index contributed by atoms with van der Waals surface area (Å²) in [5.74, 6) is -2.12. The monoisotopic (exact) mass is 302 g/mol. The van der Waals surface area contributed by atoms with Crippen LogP contribution in [0.15, 0.2) is 12.1 Å². The molecule has 2 N–H and O–H groups in total. The Balaban J connectivity index is 2.44. The molecule has 0 amide bonds. The van der Waals surface area contributed by atoms with Crippen LogP contribution >= 0.6 is 11.6 Å². The standard InChI is InChI=1S/C12H12ClFN2O4/c1-12(11(17)18,6-2-3-6)15-9-5-8(14)7(13)4-10(9)16(19)20/h4-6,15H,2-3H2,1H3,(H,17,18). The fourth-order valence-electron chi connectivity index (χ4n) is 2.06. The van der Waals surface area contributed by atoms with Crippen molar-refractivity contribution in [1.29, 1.82) is 0 Å². The summed E-state index contributed by atoms with van der Waals surface area (Å²) in [6, 6.07) is 1.72. The summed E-state index contributed by atoms with van der Waals surface area (Å²) >= 11 is 5.52. The van der Waals surface area contributed by atoms with Gasteiger partial charge in [-0.25, -0.2) is 9.18 Å². The number of anilines is 1. The fourth-order valence-corrected chi connectivity index (χ4v) is 2.22. The molecule has 1 aromatic rings. The second-order valence-electron chi connectivity index (χ2n) is 4.95. The molecule has 108 valence electrons. The maximum absolute atomic E-state index is 13.5. The Morgan fingerprint density at radius 3 is 2.65 bits per heavy atom. The second-order valence-corrected chi connectivity index (χ2v) is 5.35. The van der Waals surface area contributed by atoms with Crippen LogP contribution in [0.2, 0.25) is 5.02 Å². The quantitative estimate of drug-likeness (QED) is 0.644. The molecule has 1 atom stereocenters. The van der Waals surface area contributed by atoms with E-state index in [0.29, 0.717) is 12.8 Å². The van der Waals surface area contributed by atoms with Crippen LogP contribution in [-0.4, -0.2) is 21.5 Å². The number of nitro groups is 1. The van der Waals surface area contributed by atoms with E-state index >= 15 is 0 Å². The molecule has 20 heavy (non-hydrogen) atoms. The maximum Gasteiger partial charge on any atom is 0.329 e. The molecule has 2 rings (SSSR count). The van der Waals surface area contributed by atoms with Crippen LogP contribution in [0.1, 0.15) is 19.8 Å². The molecule has 1 unspecified atom stereocenters. The number of carboxylic acids is 1. The van der Waals surface area contributed by atoms with Crippen molar-refractivity contribution in [2.45, 2.75) is 25.3 Å². The molecular formula is C12H12ClFN2O4. The molecule has 0 bridgehead atoms. The number of nitro benzene ring substituents is 1. The fraction of sp³-hybridized carbons (Fsp3) is 0.417. The normalized spacial score (nSPS) is 17.4. The number of rotatable bonds is 5. The third-order valence-electron chi connectivity index (χ3n) is 3.47. The number of hydrogen-bond acceptors (Lipinski definition) is 4. The zero-order valence-electron chi connectivity index (χ0n) is 10.5. The summed E-state index contributed by atoms with van der Waals surface area (Å²) in [6.07, 6.45) is 1.42. The van der Waals surface area contributed by atoms with Crippen LogP contribution in [0.3, 0.4) is 0 Å². The van der Waals surface area contributed by atoms with Gasteiger partial charge in [0.2, 0.25) is 0 Å². The summed E-state index contributed by atoms with van der Waals surface area (Å²) in [4.78, 5) is 21.6. The van der Waals surface area contributed by atoms with Gasteiger partial charge in [0.25, 0.3) is 5.69 Å². The molecule has 1 aliphatic carbocycles. The van der Waals surface area contributed by atoms with E-state index in [-0.39, 0.29) is 16.6 Å². The number of hydrogen-bond donors (Lipinski definition) is 2. The zero-order chi connectivity index (χ0) is 15.1. The minimum absolute atomic E-state index is 0.140. The van der Waals surface area contributed by atoms with Crippen LogP contribution in [-0.2, 0) is 4.79 Å². The Bertz CT molecular complexity index is 591. The van der Waals surface area contributed by atoms with Crippen LogP contribution < -0.4 is 5.32 Å². The minimum atomic E-state index is -1.37. The first kappa shape index (κ1) is 14.5. The van der Waals surface area contributed by atoms with Crippen molar-refractivity contribution in [3.8, 4) is 0 Å². The summed E-state index contributed by atoms with van der Waals surface area (Å²) in [7, 11) is 0. The summed E-state index contributed by atoms with van der Waals surface area (Å²) in [6.45, 7) is 1.43. The number of halogens is 2. The molecule has 1 aromatic carbocycles. The highest BCUT2D eigenvalue weighted by molar-refractivity contribution is 6.31. The number of nitrogens with one attached hydrogen (secondary N) is 1. The van der Waals surface area contributed by atoms with Crippen molar-refractivity contribution in [2.24, 2.45) is 5.92 Å². The molecule has 0 spiro atoms. The van der Waals surface area contributed by atoms with Crippen LogP contribution in [0.5, 0.6) is 0 Å². The van der Waals surface area contributed by atoms with Gasteiger partial charge in [0, 0.05) is 12.1 Å². The molecule has 0 aromatic heterocycles. The summed E-state index contributed by atoms with van der Waals surface area (Å²) in [5.41, 5.74) is -2.01. The lowest BCUT2D eigenvalue weighted by atomic mass is 9.95. The van der Waals surface area contributed by atoms with Gasteiger partial charge in [-0.1, -0.05) is 11.6 Å². The van der Waals surface area contributed by atoms with Crippen molar-refractivity contribution in [3.05, 3.63) is 33.1 Å². The molecule has 6 nitrogen and oxygen atoms in total. The van der Waals surface area contributed by atoms with Gasteiger partial charge >= 0.3 is 5.97 Å². The Labute approximate surface area is 118 Å². The molecular weight excluding hydrogens is 291 g/mol. The average Bonchev–Trinajstić information content (AvgIpc) is 3.17. The van der Waals surface area contributed by atoms with Crippen LogP contribution in [0.25, 0.3) is 0 Å². The summed E-state index contributed by atoms with van der Waals surface area (Å²) in [5, 5.41) is 22.5. The Morgan fingerprint density at radius 1 is 1.60 bits per heavy atom. The number of aliphatic carboxylic acids is 1. The van der Waals surface area contributed by atoms with Crippen molar-refractivity contribution < 1.29 is 19.2 Å². The van der Waals surface area contributed by atoms with Crippen LogP contribution in [0, 0.1) is 21.8 Å². The smallest absolute Gasteiger partial charge is 0.329 e. The molecule has 1 fully saturated rings. The van der Waals surface area contributed by atoms with Crippen molar-refractivity contribution in [3.63, 3.8) is 0 Å². The highest BCUT2D eigenvalue weighted by Gasteiger charge is 2.48. The molecule has 0 aliphatic heterocycles. The molecule has 0 heterocycles. The van der Waals surface area contributed by atoms with Crippen molar-refractivity contribution in [1.82, 2.24) is 0 Å². The molecule has 1 saturated carbocycles. The predicted octanol–water partition coefficient (Wildman–Crippen LogP) is 3.05. The Morgan fingerprint density at radius 2 is 2.20 bits per heavy atom. The van der Waals surface area contributed by atoms with Gasteiger partial charge in [-0.2, -0.15) is 0 Å². The van der Waals surface area contributed by atoms with Gasteiger partial charge < -0.3 is 10.4 Å². The highest BCUT2D eigenvalue weighted by atomic mass is 35.5. The maximum atomic E-state index is 13.5. The van der Waals surface area contributed by atoms with Gasteiger partial charge in [0.15, 0.2) is 0 Å². The lowest BCUT2D eigenvalue weighted by molar-refractivity contribution is -0.384. The molecule has 0 radical (unpaired) electrons. The predicted molar refractivity (Wildman–Crippen MR) is 70.5 cm³/mol. The first-order chi connectivity index (χ1) is 9.25. The van der Waals surface area contributed by atoms with E-state index in [1.807, 2.05) is 0 Å². The van der Waals surface area contributed by atoms with Crippen LogP contribution in [0.4, 0.5) is 15.8 Å². The topological polar surface area (TPSA) is 92.5 Å². The number of carboxylic acid groups (broad SMARTS) is 1. The van der Waals surface area contributed by atoms with Gasteiger partial charge in [-0.05, 0) is 25.7 Å². The van der Waals surface area contributed by atoms with Gasteiger partial charge in [0.1, 0.15) is 17.0 Å². The first-order valence-electron chi connectivity index (χ1n) is 5.90. The average molecular weight is 303 g/mol. The molecule has 0 saturated heterocycles. The van der Waals surface area contributed by atoms with E-state index in [1.165, 1.54) is 6.92 Å².